The molecule has 0 N–H and O–H groups in total. The first kappa shape index (κ1) is 21.2. The smallest absolute Gasteiger partial charge is 0.231 e. The summed E-state index contributed by atoms with van der Waals surface area (Å²) in [4.78, 5) is 4.79. The first-order valence-corrected chi connectivity index (χ1v) is 11.6. The van der Waals surface area contributed by atoms with Crippen LogP contribution in [0.25, 0.3) is 11.1 Å². The molecule has 5 heteroatoms. The summed E-state index contributed by atoms with van der Waals surface area (Å²) in [6, 6.07) is 21.4. The molecule has 3 aromatic rings. The Hall–Kier alpha value is -3.65. The number of rotatable bonds is 4. The maximum absolute atomic E-state index is 10.2. The lowest BCUT2D eigenvalue weighted by molar-refractivity contribution is 0.174. The van der Waals surface area contributed by atoms with Crippen molar-refractivity contribution in [3.63, 3.8) is 0 Å². The monoisotopic (exact) mass is 439 g/mol. The van der Waals surface area contributed by atoms with Gasteiger partial charge in [0.25, 0.3) is 0 Å². The standard InChI is InChI=1S/C28H29N3O2/c1-19(2)28-20(3)23(21-9-10-26-27(15-21)33-18-32-26)16-25(24(28)17-29)31-13-11-30(12-14-31)22-7-5-4-6-8-22/h4-10,15-16,19H,11-14,18H2,1-3H3. The first-order chi connectivity index (χ1) is 16.1. The van der Waals surface area contributed by atoms with Crippen LogP contribution in [0.15, 0.2) is 54.6 Å². The van der Waals surface area contributed by atoms with Gasteiger partial charge in [-0.05, 0) is 65.4 Å². The summed E-state index contributed by atoms with van der Waals surface area (Å²) in [7, 11) is 0. The Labute approximate surface area is 195 Å². The molecule has 168 valence electrons. The zero-order valence-corrected chi connectivity index (χ0v) is 19.5. The lowest BCUT2D eigenvalue weighted by atomic mass is 9.86. The van der Waals surface area contributed by atoms with Crippen molar-refractivity contribution in [1.29, 1.82) is 5.26 Å². The van der Waals surface area contributed by atoms with E-state index in [9.17, 15) is 5.26 Å². The van der Waals surface area contributed by atoms with Crippen LogP contribution in [0, 0.1) is 18.3 Å². The fourth-order valence-corrected chi connectivity index (χ4v) is 5.08. The normalized spacial score (nSPS) is 15.1. The van der Waals surface area contributed by atoms with Crippen molar-refractivity contribution in [3.8, 4) is 28.7 Å². The molecule has 5 nitrogen and oxygen atoms in total. The fourth-order valence-electron chi connectivity index (χ4n) is 5.08. The quantitative estimate of drug-likeness (QED) is 0.521. The van der Waals surface area contributed by atoms with Gasteiger partial charge < -0.3 is 19.3 Å². The van der Waals surface area contributed by atoms with Gasteiger partial charge in [0.15, 0.2) is 11.5 Å². The van der Waals surface area contributed by atoms with E-state index in [2.05, 4.69) is 85.2 Å². The second-order valence-corrected chi connectivity index (χ2v) is 9.00. The van der Waals surface area contributed by atoms with E-state index in [4.69, 9.17) is 9.47 Å². The van der Waals surface area contributed by atoms with E-state index in [0.29, 0.717) is 0 Å². The number of para-hydroxylation sites is 1. The molecule has 5 rings (SSSR count). The summed E-state index contributed by atoms with van der Waals surface area (Å²) in [6.07, 6.45) is 0. The van der Waals surface area contributed by atoms with Crippen LogP contribution < -0.4 is 19.3 Å². The van der Waals surface area contributed by atoms with Gasteiger partial charge in [0, 0.05) is 31.9 Å². The van der Waals surface area contributed by atoms with E-state index in [1.165, 1.54) is 5.69 Å². The average molecular weight is 440 g/mol. The second-order valence-electron chi connectivity index (χ2n) is 9.00. The Morgan fingerprint density at radius 3 is 2.27 bits per heavy atom. The Morgan fingerprint density at radius 1 is 0.879 bits per heavy atom. The van der Waals surface area contributed by atoms with Crippen molar-refractivity contribution in [2.24, 2.45) is 0 Å². The molecule has 0 saturated carbocycles. The van der Waals surface area contributed by atoms with Gasteiger partial charge in [0.05, 0.1) is 11.3 Å². The van der Waals surface area contributed by atoms with Gasteiger partial charge in [0.2, 0.25) is 6.79 Å². The van der Waals surface area contributed by atoms with Crippen molar-refractivity contribution in [2.75, 3.05) is 42.8 Å². The molecule has 0 bridgehead atoms. The molecular formula is C28H29N3O2. The van der Waals surface area contributed by atoms with Crippen LogP contribution in [-0.2, 0) is 0 Å². The molecule has 3 aromatic carbocycles. The molecule has 0 amide bonds. The van der Waals surface area contributed by atoms with Crippen LogP contribution in [0.2, 0.25) is 0 Å². The highest BCUT2D eigenvalue weighted by Crippen LogP contribution is 2.42. The van der Waals surface area contributed by atoms with Crippen molar-refractivity contribution < 1.29 is 9.47 Å². The largest absolute Gasteiger partial charge is 0.454 e. The van der Waals surface area contributed by atoms with Gasteiger partial charge in [0.1, 0.15) is 6.07 Å². The van der Waals surface area contributed by atoms with E-state index in [-0.39, 0.29) is 12.7 Å². The molecular weight excluding hydrogens is 410 g/mol. The van der Waals surface area contributed by atoms with E-state index in [0.717, 1.165) is 71.2 Å². The number of fused-ring (bicyclic) bond motifs is 1. The molecule has 0 unspecified atom stereocenters. The average Bonchev–Trinajstić information content (AvgIpc) is 3.32. The number of hydrogen-bond donors (Lipinski definition) is 0. The minimum Gasteiger partial charge on any atom is -0.454 e. The minimum absolute atomic E-state index is 0.248. The Balaban J connectivity index is 1.54. The first-order valence-electron chi connectivity index (χ1n) is 11.6. The predicted molar refractivity (Wildman–Crippen MR) is 132 cm³/mol. The van der Waals surface area contributed by atoms with Crippen LogP contribution in [0.3, 0.4) is 0 Å². The molecule has 0 atom stereocenters. The molecule has 1 fully saturated rings. The molecule has 1 saturated heterocycles. The van der Waals surface area contributed by atoms with Crippen LogP contribution in [0.4, 0.5) is 11.4 Å². The Kier molecular flexibility index (Phi) is 5.60. The van der Waals surface area contributed by atoms with Gasteiger partial charge in [-0.1, -0.05) is 38.1 Å². The number of nitrogens with zero attached hydrogens (tertiary/aromatic N) is 3. The zero-order chi connectivity index (χ0) is 22.9. The second kappa shape index (κ2) is 8.71. The molecule has 2 aliphatic rings. The SMILES string of the molecule is Cc1c(-c2ccc3c(c2)OCO3)cc(N2CCN(c3ccccc3)CC2)c(C#N)c1C(C)C. The van der Waals surface area contributed by atoms with Crippen molar-refractivity contribution >= 4 is 11.4 Å². The zero-order valence-electron chi connectivity index (χ0n) is 19.5. The van der Waals surface area contributed by atoms with E-state index in [1.54, 1.807) is 0 Å². The summed E-state index contributed by atoms with van der Waals surface area (Å²) in [5.41, 5.74) is 7.63. The predicted octanol–water partition coefficient (Wildman–Crippen LogP) is 5.71. The van der Waals surface area contributed by atoms with Gasteiger partial charge in [-0.15, -0.1) is 0 Å². The topological polar surface area (TPSA) is 48.7 Å². The number of ether oxygens (including phenoxy) is 2. The van der Waals surface area contributed by atoms with Gasteiger partial charge >= 0.3 is 0 Å². The fraction of sp³-hybridized carbons (Fsp3) is 0.321. The molecule has 0 radical (unpaired) electrons. The molecule has 2 aliphatic heterocycles. The third kappa shape index (κ3) is 3.87. The Bertz CT molecular complexity index is 1210. The van der Waals surface area contributed by atoms with Crippen molar-refractivity contribution in [2.45, 2.75) is 26.7 Å². The summed E-state index contributed by atoms with van der Waals surface area (Å²) >= 11 is 0. The van der Waals surface area contributed by atoms with E-state index in [1.807, 2.05) is 6.07 Å². The third-order valence-electron chi connectivity index (χ3n) is 6.73. The van der Waals surface area contributed by atoms with Gasteiger partial charge in [-0.3, -0.25) is 0 Å². The lowest BCUT2D eigenvalue weighted by Crippen LogP contribution is -2.46. The molecule has 0 spiro atoms. The minimum atomic E-state index is 0.248. The summed E-state index contributed by atoms with van der Waals surface area (Å²) in [5.74, 6) is 1.81. The Morgan fingerprint density at radius 2 is 1.58 bits per heavy atom. The van der Waals surface area contributed by atoms with Crippen molar-refractivity contribution in [3.05, 3.63) is 71.3 Å². The number of nitriles is 1. The van der Waals surface area contributed by atoms with Gasteiger partial charge in [-0.25, -0.2) is 0 Å². The molecule has 2 heterocycles. The maximum atomic E-state index is 10.2. The van der Waals surface area contributed by atoms with E-state index >= 15 is 0 Å². The van der Waals surface area contributed by atoms with Gasteiger partial charge in [-0.2, -0.15) is 5.26 Å². The summed E-state index contributed by atoms with van der Waals surface area (Å²) < 4.78 is 11.1. The van der Waals surface area contributed by atoms with Crippen LogP contribution in [0.1, 0.15) is 36.5 Å². The van der Waals surface area contributed by atoms with Crippen molar-refractivity contribution in [1.82, 2.24) is 0 Å². The molecule has 33 heavy (non-hydrogen) atoms. The number of hydrogen-bond acceptors (Lipinski definition) is 5. The van der Waals surface area contributed by atoms with Crippen LogP contribution >= 0.6 is 0 Å². The highest BCUT2D eigenvalue weighted by Gasteiger charge is 2.25. The number of anilines is 2. The van der Waals surface area contributed by atoms with Crippen LogP contribution in [0.5, 0.6) is 11.5 Å². The maximum Gasteiger partial charge on any atom is 0.231 e. The van der Waals surface area contributed by atoms with E-state index < -0.39 is 0 Å². The van der Waals surface area contributed by atoms with Crippen LogP contribution in [-0.4, -0.2) is 33.0 Å². The summed E-state index contributed by atoms with van der Waals surface area (Å²) in [5, 5.41) is 10.2. The summed E-state index contributed by atoms with van der Waals surface area (Å²) in [6.45, 7) is 10.4. The highest BCUT2D eigenvalue weighted by molar-refractivity contribution is 5.80. The highest BCUT2D eigenvalue weighted by atomic mass is 16.7. The third-order valence-corrected chi connectivity index (χ3v) is 6.73. The lowest BCUT2D eigenvalue weighted by Gasteiger charge is -2.38. The number of piperazine rings is 1. The molecule has 0 aromatic heterocycles. The molecule has 0 aliphatic carbocycles. The number of benzene rings is 3.